The van der Waals surface area contributed by atoms with Crippen molar-refractivity contribution in [3.8, 4) is 5.75 Å². The second kappa shape index (κ2) is 4.90. The van der Waals surface area contributed by atoms with Crippen LogP contribution in [-0.4, -0.2) is 36.9 Å². The summed E-state index contributed by atoms with van der Waals surface area (Å²) >= 11 is 0. The number of nitrogens with zero attached hydrogens (tertiary/aromatic N) is 6. The summed E-state index contributed by atoms with van der Waals surface area (Å²) in [6.45, 7) is 0.314. The third-order valence-corrected chi connectivity index (χ3v) is 3.81. The zero-order valence-electron chi connectivity index (χ0n) is 12.0. The van der Waals surface area contributed by atoms with Crippen molar-refractivity contribution in [3.63, 3.8) is 0 Å². The molecular formula is C14H14N6O2. The minimum absolute atomic E-state index is 0.189. The van der Waals surface area contributed by atoms with Crippen LogP contribution < -0.4 is 10.3 Å². The van der Waals surface area contributed by atoms with Gasteiger partial charge in [-0.15, -0.1) is 5.10 Å². The summed E-state index contributed by atoms with van der Waals surface area (Å²) in [5, 5.41) is 11.8. The molecule has 4 rings (SSSR count). The van der Waals surface area contributed by atoms with Crippen LogP contribution in [0.5, 0.6) is 5.75 Å². The molecule has 1 aliphatic rings. The number of fused-ring (bicyclic) bond motifs is 1. The summed E-state index contributed by atoms with van der Waals surface area (Å²) in [5.74, 6) is 1.36. The van der Waals surface area contributed by atoms with Crippen LogP contribution >= 0.6 is 0 Å². The molecule has 1 aromatic carbocycles. The average molecular weight is 298 g/mol. The Morgan fingerprint density at radius 1 is 1.36 bits per heavy atom. The summed E-state index contributed by atoms with van der Waals surface area (Å²) in [6.07, 6.45) is 3.48. The number of benzene rings is 1. The second-order valence-electron chi connectivity index (χ2n) is 5.31. The van der Waals surface area contributed by atoms with Crippen molar-refractivity contribution in [1.82, 2.24) is 29.8 Å². The third-order valence-electron chi connectivity index (χ3n) is 3.81. The summed E-state index contributed by atoms with van der Waals surface area (Å²) < 4.78 is 8.66. The number of hydrogen-bond acceptors (Lipinski definition) is 6. The Kier molecular flexibility index (Phi) is 2.88. The molecule has 8 nitrogen and oxygen atoms in total. The molecule has 0 bridgehead atoms. The monoisotopic (exact) mass is 298 g/mol. The summed E-state index contributed by atoms with van der Waals surface area (Å²) in [5.41, 5.74) is 1.24. The van der Waals surface area contributed by atoms with Gasteiger partial charge in [0.25, 0.3) is 5.56 Å². The van der Waals surface area contributed by atoms with Gasteiger partial charge in [0.1, 0.15) is 5.75 Å². The Morgan fingerprint density at radius 2 is 2.23 bits per heavy atom. The number of rotatable bonds is 4. The van der Waals surface area contributed by atoms with Crippen molar-refractivity contribution in [2.24, 2.45) is 0 Å². The van der Waals surface area contributed by atoms with Gasteiger partial charge in [-0.05, 0) is 35.4 Å². The Hall–Kier alpha value is -2.77. The molecule has 112 valence electrons. The van der Waals surface area contributed by atoms with Crippen LogP contribution in [0.25, 0.3) is 11.0 Å². The van der Waals surface area contributed by atoms with E-state index < -0.39 is 0 Å². The van der Waals surface area contributed by atoms with Crippen LogP contribution in [0, 0.1) is 0 Å². The van der Waals surface area contributed by atoms with Gasteiger partial charge in [0.15, 0.2) is 5.82 Å². The lowest BCUT2D eigenvalue weighted by Gasteiger charge is -2.10. The summed E-state index contributed by atoms with van der Waals surface area (Å²) in [6, 6.07) is 5.81. The van der Waals surface area contributed by atoms with Crippen molar-refractivity contribution in [1.29, 1.82) is 0 Å². The third kappa shape index (κ3) is 2.12. The van der Waals surface area contributed by atoms with Gasteiger partial charge in [-0.2, -0.15) is 0 Å². The van der Waals surface area contributed by atoms with E-state index in [2.05, 4.69) is 20.5 Å². The number of tetrazole rings is 1. The predicted molar refractivity (Wildman–Crippen MR) is 77.7 cm³/mol. The van der Waals surface area contributed by atoms with Crippen molar-refractivity contribution in [2.45, 2.75) is 25.4 Å². The van der Waals surface area contributed by atoms with Gasteiger partial charge in [0.05, 0.1) is 36.9 Å². The molecule has 8 heteroatoms. The first-order valence-electron chi connectivity index (χ1n) is 7.06. The van der Waals surface area contributed by atoms with Crippen molar-refractivity contribution < 1.29 is 4.74 Å². The van der Waals surface area contributed by atoms with E-state index >= 15 is 0 Å². The van der Waals surface area contributed by atoms with Gasteiger partial charge in [-0.25, -0.2) is 9.67 Å². The molecule has 0 amide bonds. The normalized spacial score (nSPS) is 14.4. The van der Waals surface area contributed by atoms with Crippen LogP contribution in [0.2, 0.25) is 0 Å². The highest BCUT2D eigenvalue weighted by Gasteiger charge is 2.28. The molecule has 0 radical (unpaired) electrons. The lowest BCUT2D eigenvalue weighted by Crippen LogP contribution is -2.23. The molecule has 1 aliphatic carbocycles. The Balaban J connectivity index is 1.84. The van der Waals surface area contributed by atoms with Crippen LogP contribution in [0.15, 0.2) is 29.2 Å². The molecule has 22 heavy (non-hydrogen) atoms. The van der Waals surface area contributed by atoms with Crippen molar-refractivity contribution in [3.05, 3.63) is 40.6 Å². The van der Waals surface area contributed by atoms with Gasteiger partial charge in [-0.1, -0.05) is 0 Å². The standard InChI is InChI=1S/C14H14N6O2/c1-22-10-4-5-11-12(6-10)19(14(21)7-15-11)8-13-16-17-18-20(13)9-2-3-9/h4-7,9H,2-3,8H2,1H3. The van der Waals surface area contributed by atoms with E-state index in [1.807, 2.05) is 12.1 Å². The van der Waals surface area contributed by atoms with E-state index in [4.69, 9.17) is 4.74 Å². The quantitative estimate of drug-likeness (QED) is 0.707. The summed E-state index contributed by atoms with van der Waals surface area (Å²) in [4.78, 5) is 16.4. The zero-order valence-corrected chi connectivity index (χ0v) is 12.0. The van der Waals surface area contributed by atoms with Gasteiger partial charge in [0, 0.05) is 6.07 Å². The molecule has 0 aliphatic heterocycles. The van der Waals surface area contributed by atoms with E-state index in [1.54, 1.807) is 22.4 Å². The first-order chi connectivity index (χ1) is 10.8. The average Bonchev–Trinajstić information content (AvgIpc) is 3.29. The number of methoxy groups -OCH3 is 1. The Morgan fingerprint density at radius 3 is 3.00 bits per heavy atom. The molecule has 1 saturated carbocycles. The first-order valence-corrected chi connectivity index (χ1v) is 7.06. The SMILES string of the molecule is COc1ccc2ncc(=O)n(Cc3nnnn3C3CC3)c2c1. The number of aromatic nitrogens is 6. The lowest BCUT2D eigenvalue weighted by molar-refractivity contribution is 0.415. The molecule has 0 saturated heterocycles. The van der Waals surface area contributed by atoms with Crippen LogP contribution in [0.4, 0.5) is 0 Å². The van der Waals surface area contributed by atoms with Crippen molar-refractivity contribution >= 4 is 11.0 Å². The molecule has 2 heterocycles. The predicted octanol–water partition coefficient (Wildman–Crippen LogP) is 0.775. The number of hydrogen-bond donors (Lipinski definition) is 0. The lowest BCUT2D eigenvalue weighted by atomic mass is 10.2. The fourth-order valence-corrected chi connectivity index (χ4v) is 2.49. The van der Waals surface area contributed by atoms with Crippen LogP contribution in [-0.2, 0) is 6.54 Å². The fraction of sp³-hybridized carbons (Fsp3) is 0.357. The highest BCUT2D eigenvalue weighted by Crippen LogP contribution is 2.34. The highest BCUT2D eigenvalue weighted by molar-refractivity contribution is 5.76. The minimum atomic E-state index is -0.189. The molecule has 2 aromatic heterocycles. The maximum Gasteiger partial charge on any atom is 0.269 e. The molecular weight excluding hydrogens is 284 g/mol. The van der Waals surface area contributed by atoms with Crippen molar-refractivity contribution in [2.75, 3.05) is 7.11 Å². The molecule has 1 fully saturated rings. The van der Waals surface area contributed by atoms with Crippen LogP contribution in [0.1, 0.15) is 24.7 Å². The second-order valence-corrected chi connectivity index (χ2v) is 5.31. The van der Waals surface area contributed by atoms with E-state index in [0.717, 1.165) is 18.4 Å². The molecule has 0 N–H and O–H groups in total. The smallest absolute Gasteiger partial charge is 0.269 e. The molecule has 0 atom stereocenters. The topological polar surface area (TPSA) is 87.7 Å². The molecule has 0 spiro atoms. The highest BCUT2D eigenvalue weighted by atomic mass is 16.5. The maximum absolute atomic E-state index is 12.2. The molecule has 0 unspecified atom stereocenters. The van der Waals surface area contributed by atoms with Gasteiger partial charge >= 0.3 is 0 Å². The zero-order chi connectivity index (χ0) is 15.1. The Labute approximate surface area is 125 Å². The first kappa shape index (κ1) is 12.9. The van der Waals surface area contributed by atoms with E-state index in [1.165, 1.54) is 6.20 Å². The molecule has 3 aromatic rings. The summed E-state index contributed by atoms with van der Waals surface area (Å²) in [7, 11) is 1.59. The maximum atomic E-state index is 12.2. The fourth-order valence-electron chi connectivity index (χ4n) is 2.49. The van der Waals surface area contributed by atoms with Gasteiger partial charge < -0.3 is 4.74 Å². The van der Waals surface area contributed by atoms with E-state index in [0.29, 0.717) is 29.7 Å². The van der Waals surface area contributed by atoms with Gasteiger partial charge in [0.2, 0.25) is 0 Å². The largest absolute Gasteiger partial charge is 0.497 e. The Bertz CT molecular complexity index is 896. The number of ether oxygens (including phenoxy) is 1. The van der Waals surface area contributed by atoms with E-state index in [9.17, 15) is 4.79 Å². The van der Waals surface area contributed by atoms with E-state index in [-0.39, 0.29) is 5.56 Å². The minimum Gasteiger partial charge on any atom is -0.497 e. The van der Waals surface area contributed by atoms with Gasteiger partial charge in [-0.3, -0.25) is 9.36 Å². The van der Waals surface area contributed by atoms with Crippen LogP contribution in [0.3, 0.4) is 0 Å².